The number of fused-ring (bicyclic) bond motifs is 4. The summed E-state index contributed by atoms with van der Waals surface area (Å²) < 4.78 is 15.5. The third-order valence-electron chi connectivity index (χ3n) is 9.77. The SMILES string of the molecule is C=C1C=C2CCC3C(=C2CC1)C(c1ccc(C)cc1)CC1(C)C3CCC1(C)[C@H](F)C#CN.CN. The third-order valence-corrected chi connectivity index (χ3v) is 9.77. The fourth-order valence-corrected chi connectivity index (χ4v) is 7.77. The van der Waals surface area contributed by atoms with Gasteiger partial charge in [-0.1, -0.05) is 67.5 Å². The third kappa shape index (κ3) is 3.75. The van der Waals surface area contributed by atoms with Gasteiger partial charge in [0.1, 0.15) is 0 Å². The Labute approximate surface area is 205 Å². The van der Waals surface area contributed by atoms with Crippen LogP contribution in [-0.2, 0) is 0 Å². The van der Waals surface area contributed by atoms with Crippen LogP contribution in [0.2, 0.25) is 0 Å². The number of hydrogen-bond acceptors (Lipinski definition) is 2. The summed E-state index contributed by atoms with van der Waals surface area (Å²) in [7, 11) is 1.50. The number of allylic oxidation sites excluding steroid dienone is 5. The van der Waals surface area contributed by atoms with Crippen LogP contribution >= 0.6 is 0 Å². The van der Waals surface area contributed by atoms with Gasteiger partial charge in [0.2, 0.25) is 0 Å². The van der Waals surface area contributed by atoms with E-state index in [0.717, 1.165) is 38.5 Å². The molecule has 0 amide bonds. The van der Waals surface area contributed by atoms with Crippen molar-refractivity contribution in [1.82, 2.24) is 0 Å². The van der Waals surface area contributed by atoms with Gasteiger partial charge in [-0.15, -0.1) is 0 Å². The van der Waals surface area contributed by atoms with Crippen LogP contribution < -0.4 is 11.5 Å². The van der Waals surface area contributed by atoms with Gasteiger partial charge in [-0.05, 0) is 98.8 Å². The molecule has 6 atom stereocenters. The first kappa shape index (κ1) is 24.8. The molecule has 4 aliphatic rings. The highest BCUT2D eigenvalue weighted by Gasteiger charge is 2.63. The second kappa shape index (κ2) is 9.38. The largest absolute Gasteiger partial charge is 0.359 e. The maximum atomic E-state index is 15.5. The molecule has 0 heterocycles. The zero-order valence-corrected chi connectivity index (χ0v) is 21.4. The Morgan fingerprint density at radius 1 is 1.09 bits per heavy atom. The van der Waals surface area contributed by atoms with Crippen molar-refractivity contribution in [2.24, 2.45) is 34.1 Å². The Balaban J connectivity index is 0.00000133. The van der Waals surface area contributed by atoms with Crippen molar-refractivity contribution in [2.75, 3.05) is 7.05 Å². The Kier molecular flexibility index (Phi) is 6.85. The maximum absolute atomic E-state index is 15.5. The highest BCUT2D eigenvalue weighted by molar-refractivity contribution is 5.51. The van der Waals surface area contributed by atoms with Crippen molar-refractivity contribution in [1.29, 1.82) is 0 Å². The smallest absolute Gasteiger partial charge is 0.168 e. The van der Waals surface area contributed by atoms with Gasteiger partial charge in [-0.2, -0.15) is 0 Å². The van der Waals surface area contributed by atoms with Gasteiger partial charge in [0.15, 0.2) is 6.17 Å². The monoisotopic (exact) mass is 460 g/mol. The number of benzene rings is 1. The molecule has 0 aliphatic heterocycles. The minimum absolute atomic E-state index is 0.0972. The summed E-state index contributed by atoms with van der Waals surface area (Å²) in [6, 6.07) is 11.5. The summed E-state index contributed by atoms with van der Waals surface area (Å²) in [5, 5.41) is 0. The lowest BCUT2D eigenvalue weighted by molar-refractivity contribution is -0.0268. The van der Waals surface area contributed by atoms with Crippen LogP contribution in [0, 0.1) is 41.6 Å². The summed E-state index contributed by atoms with van der Waals surface area (Å²) in [6.45, 7) is 10.9. The van der Waals surface area contributed by atoms with E-state index in [4.69, 9.17) is 5.73 Å². The van der Waals surface area contributed by atoms with E-state index >= 15 is 4.39 Å². The van der Waals surface area contributed by atoms with Crippen LogP contribution in [0.3, 0.4) is 0 Å². The molecule has 1 aromatic rings. The van der Waals surface area contributed by atoms with Crippen LogP contribution in [0.1, 0.15) is 75.8 Å². The van der Waals surface area contributed by atoms with E-state index in [-0.39, 0.29) is 5.41 Å². The molecule has 4 N–H and O–H groups in total. The first-order valence-corrected chi connectivity index (χ1v) is 12.9. The fraction of sp³-hybridized carbons (Fsp3) is 0.548. The van der Waals surface area contributed by atoms with Crippen LogP contribution in [-0.4, -0.2) is 13.2 Å². The number of hydrogen-bond donors (Lipinski definition) is 2. The highest BCUT2D eigenvalue weighted by atomic mass is 19.1. The molecule has 1 aromatic carbocycles. The Morgan fingerprint density at radius 3 is 2.47 bits per heavy atom. The van der Waals surface area contributed by atoms with Gasteiger partial charge in [0.25, 0.3) is 0 Å². The molecule has 182 valence electrons. The molecule has 3 heteroatoms. The van der Waals surface area contributed by atoms with Gasteiger partial charge >= 0.3 is 0 Å². The zero-order chi connectivity index (χ0) is 24.7. The summed E-state index contributed by atoms with van der Waals surface area (Å²) in [6.07, 6.45) is 8.65. The number of rotatable bonds is 2. The fourth-order valence-electron chi connectivity index (χ4n) is 7.77. The molecular weight excluding hydrogens is 419 g/mol. The second-order valence-corrected chi connectivity index (χ2v) is 11.2. The maximum Gasteiger partial charge on any atom is 0.168 e. The molecule has 4 aliphatic carbocycles. The lowest BCUT2D eigenvalue weighted by Crippen LogP contribution is -2.50. The number of nitrogens with two attached hydrogens (primary N) is 2. The quantitative estimate of drug-likeness (QED) is 0.380. The summed E-state index contributed by atoms with van der Waals surface area (Å²) in [5.74, 6) is 4.11. The second-order valence-electron chi connectivity index (χ2n) is 11.2. The van der Waals surface area contributed by atoms with Crippen molar-refractivity contribution in [3.05, 3.63) is 70.3 Å². The normalized spacial score (nSPS) is 34.9. The van der Waals surface area contributed by atoms with Gasteiger partial charge in [0, 0.05) is 17.4 Å². The molecule has 2 nitrogen and oxygen atoms in total. The molecule has 0 bridgehead atoms. The molecule has 0 radical (unpaired) electrons. The number of alkyl halides is 1. The van der Waals surface area contributed by atoms with Crippen LogP contribution in [0.15, 0.2) is 59.2 Å². The van der Waals surface area contributed by atoms with Gasteiger partial charge < -0.3 is 11.5 Å². The van der Waals surface area contributed by atoms with E-state index in [1.165, 1.54) is 35.7 Å². The van der Waals surface area contributed by atoms with Gasteiger partial charge in [0.05, 0.1) is 0 Å². The average Bonchev–Trinajstić information content (AvgIpc) is 3.11. The molecule has 0 aromatic heterocycles. The number of aryl methyl sites for hydroxylation is 1. The molecule has 2 fully saturated rings. The first-order chi connectivity index (χ1) is 16.3. The van der Waals surface area contributed by atoms with Gasteiger partial charge in [-0.25, -0.2) is 4.39 Å². The van der Waals surface area contributed by atoms with Crippen LogP contribution in [0.25, 0.3) is 0 Å². The topological polar surface area (TPSA) is 52.0 Å². The molecule has 5 rings (SSSR count). The zero-order valence-electron chi connectivity index (χ0n) is 21.4. The first-order valence-electron chi connectivity index (χ1n) is 12.9. The average molecular weight is 461 g/mol. The minimum Gasteiger partial charge on any atom is -0.359 e. The molecule has 0 saturated heterocycles. The number of halogens is 1. The highest BCUT2D eigenvalue weighted by Crippen LogP contribution is 2.70. The van der Waals surface area contributed by atoms with Crippen molar-refractivity contribution in [3.63, 3.8) is 0 Å². The van der Waals surface area contributed by atoms with E-state index in [2.05, 4.69) is 75.4 Å². The van der Waals surface area contributed by atoms with Crippen molar-refractivity contribution >= 4 is 0 Å². The lowest BCUT2D eigenvalue weighted by atomic mass is 9.48. The summed E-state index contributed by atoms with van der Waals surface area (Å²) >= 11 is 0. The van der Waals surface area contributed by atoms with Crippen molar-refractivity contribution in [3.8, 4) is 12.0 Å². The van der Waals surface area contributed by atoms with Crippen molar-refractivity contribution in [2.45, 2.75) is 77.8 Å². The van der Waals surface area contributed by atoms with Gasteiger partial charge in [-0.3, -0.25) is 0 Å². The van der Waals surface area contributed by atoms with Crippen LogP contribution in [0.4, 0.5) is 4.39 Å². The van der Waals surface area contributed by atoms with E-state index in [1.807, 2.05) is 0 Å². The lowest BCUT2D eigenvalue weighted by Gasteiger charge is -2.56. The molecule has 34 heavy (non-hydrogen) atoms. The standard InChI is InChI=1S/C30H36FN.CH5N/c1-19-5-8-21(9-6-19)25-18-30(4)26(13-15-29(30,3)27(31)14-16-32)24-12-10-22-17-20(2)7-11-23(22)28(24)25;1-2/h5-6,8-9,17,24-27H,2,7,10-13,15,18,32H2,1,3-4H3;2H2,1H3/t24?,25?,26?,27-,29?,30?;/m1./s1. The molecular formula is C31H41FN2. The Hall–Kier alpha value is -2.31. The van der Waals surface area contributed by atoms with E-state index < -0.39 is 11.6 Å². The predicted octanol–water partition coefficient (Wildman–Crippen LogP) is 6.72. The van der Waals surface area contributed by atoms with Crippen molar-refractivity contribution < 1.29 is 4.39 Å². The van der Waals surface area contributed by atoms with Crippen LogP contribution in [0.5, 0.6) is 0 Å². The Bertz CT molecular complexity index is 1070. The summed E-state index contributed by atoms with van der Waals surface area (Å²) in [5.41, 5.74) is 18.2. The van der Waals surface area contributed by atoms with E-state index in [9.17, 15) is 0 Å². The predicted molar refractivity (Wildman–Crippen MR) is 141 cm³/mol. The van der Waals surface area contributed by atoms with E-state index in [1.54, 1.807) is 11.1 Å². The van der Waals surface area contributed by atoms with E-state index in [0.29, 0.717) is 17.8 Å². The molecule has 0 spiro atoms. The minimum atomic E-state index is -1.17. The Morgan fingerprint density at radius 2 is 1.79 bits per heavy atom. The summed E-state index contributed by atoms with van der Waals surface area (Å²) in [4.78, 5) is 0. The molecule has 2 saturated carbocycles. The molecule has 5 unspecified atom stereocenters.